The number of ether oxygens (including phenoxy) is 1. The smallest absolute Gasteiger partial charge is 0.196 e. The van der Waals surface area contributed by atoms with E-state index in [4.69, 9.17) is 4.74 Å². The lowest BCUT2D eigenvalue weighted by molar-refractivity contribution is 0.164. The first-order valence-electron chi connectivity index (χ1n) is 7.62. The Balaban J connectivity index is 1.97. The molecule has 7 heteroatoms. The van der Waals surface area contributed by atoms with E-state index >= 15 is 0 Å². The van der Waals surface area contributed by atoms with Crippen molar-refractivity contribution in [3.8, 4) is 17.1 Å². The molecule has 3 rings (SSSR count). The molecule has 2 heterocycles. The van der Waals surface area contributed by atoms with Crippen LogP contribution < -0.4 is 0 Å². The second-order valence-corrected chi connectivity index (χ2v) is 6.88. The topological polar surface area (TPSA) is 52.8 Å². The molecule has 0 spiro atoms. The number of hydrogen-bond acceptors (Lipinski definition) is 5. The third-order valence-corrected chi connectivity index (χ3v) is 4.72. The second kappa shape index (κ2) is 8.41. The third kappa shape index (κ3) is 4.03. The normalized spacial score (nSPS) is 10.9. The Morgan fingerprint density at radius 3 is 2.71 bits per heavy atom. The van der Waals surface area contributed by atoms with Crippen molar-refractivity contribution in [1.29, 1.82) is 0 Å². The van der Waals surface area contributed by atoms with E-state index in [1.807, 2.05) is 43.3 Å². The zero-order valence-corrected chi connectivity index (χ0v) is 15.6. The highest BCUT2D eigenvalue weighted by Crippen LogP contribution is 2.28. The summed E-state index contributed by atoms with van der Waals surface area (Å²) in [6.07, 6.45) is 3.55. The van der Waals surface area contributed by atoms with Crippen molar-refractivity contribution in [1.82, 2.24) is 19.7 Å². The minimum absolute atomic E-state index is 0.691. The Hall–Kier alpha value is -1.70. The van der Waals surface area contributed by atoms with E-state index in [0.29, 0.717) is 6.61 Å². The number of rotatable bonds is 7. The standard InChI is InChI=1S/C17H17BrN4OS/c1-2-23-10-11-24-17-21-20-16(13-4-3-9-19-12-13)22(17)15-7-5-14(18)6-8-15/h3-9,12H,2,10-11H2,1H3. The molecule has 0 bridgehead atoms. The van der Waals surface area contributed by atoms with Gasteiger partial charge in [-0.3, -0.25) is 9.55 Å². The van der Waals surface area contributed by atoms with E-state index in [9.17, 15) is 0 Å². The summed E-state index contributed by atoms with van der Waals surface area (Å²) in [7, 11) is 0. The summed E-state index contributed by atoms with van der Waals surface area (Å²) in [6, 6.07) is 12.0. The van der Waals surface area contributed by atoms with Gasteiger partial charge in [-0.2, -0.15) is 0 Å². The molecule has 0 aliphatic carbocycles. The number of thioether (sulfide) groups is 1. The number of halogens is 1. The predicted octanol–water partition coefficient (Wildman–Crippen LogP) is 4.22. The summed E-state index contributed by atoms with van der Waals surface area (Å²) in [5.74, 6) is 1.61. The Morgan fingerprint density at radius 2 is 2.00 bits per heavy atom. The minimum Gasteiger partial charge on any atom is -0.381 e. The fraction of sp³-hybridized carbons (Fsp3) is 0.235. The number of hydrogen-bond donors (Lipinski definition) is 0. The van der Waals surface area contributed by atoms with Crippen molar-refractivity contribution in [2.75, 3.05) is 19.0 Å². The van der Waals surface area contributed by atoms with Crippen molar-refractivity contribution < 1.29 is 4.74 Å². The molecule has 2 aromatic heterocycles. The van der Waals surface area contributed by atoms with Gasteiger partial charge in [0.1, 0.15) is 0 Å². The van der Waals surface area contributed by atoms with Crippen LogP contribution in [-0.2, 0) is 4.74 Å². The first-order chi connectivity index (χ1) is 11.8. The monoisotopic (exact) mass is 404 g/mol. The highest BCUT2D eigenvalue weighted by atomic mass is 79.9. The van der Waals surface area contributed by atoms with Crippen LogP contribution in [0.4, 0.5) is 0 Å². The van der Waals surface area contributed by atoms with Gasteiger partial charge in [-0.05, 0) is 43.3 Å². The first kappa shape index (κ1) is 17.1. The Morgan fingerprint density at radius 1 is 1.17 bits per heavy atom. The highest BCUT2D eigenvalue weighted by Gasteiger charge is 2.16. The maximum atomic E-state index is 5.41. The summed E-state index contributed by atoms with van der Waals surface area (Å²) in [4.78, 5) is 4.19. The summed E-state index contributed by atoms with van der Waals surface area (Å²) in [5.41, 5.74) is 1.95. The molecule has 0 amide bonds. The molecule has 0 unspecified atom stereocenters. The molecule has 0 radical (unpaired) electrons. The van der Waals surface area contributed by atoms with Crippen molar-refractivity contribution in [3.63, 3.8) is 0 Å². The van der Waals surface area contributed by atoms with Gasteiger partial charge in [0.2, 0.25) is 0 Å². The van der Waals surface area contributed by atoms with Crippen LogP contribution in [0.5, 0.6) is 0 Å². The molecule has 0 aliphatic rings. The van der Waals surface area contributed by atoms with Crippen LogP contribution >= 0.6 is 27.7 Å². The molecule has 1 aromatic carbocycles. The molecular weight excluding hydrogens is 388 g/mol. The van der Waals surface area contributed by atoms with Crippen LogP contribution in [0.1, 0.15) is 6.92 Å². The van der Waals surface area contributed by atoms with E-state index in [1.54, 1.807) is 24.2 Å². The fourth-order valence-corrected chi connectivity index (χ4v) is 3.27. The van der Waals surface area contributed by atoms with Crippen molar-refractivity contribution >= 4 is 27.7 Å². The van der Waals surface area contributed by atoms with Gasteiger partial charge in [-0.15, -0.1) is 10.2 Å². The number of aromatic nitrogens is 4. The highest BCUT2D eigenvalue weighted by molar-refractivity contribution is 9.10. The van der Waals surface area contributed by atoms with Gasteiger partial charge in [0.25, 0.3) is 0 Å². The quantitative estimate of drug-likeness (QED) is 0.435. The summed E-state index contributed by atoms with van der Waals surface area (Å²) in [5, 5.41) is 9.60. The van der Waals surface area contributed by atoms with Gasteiger partial charge in [0, 0.05) is 40.5 Å². The summed E-state index contributed by atoms with van der Waals surface area (Å²) in [6.45, 7) is 3.41. The summed E-state index contributed by atoms with van der Waals surface area (Å²) >= 11 is 5.11. The average Bonchev–Trinajstić information content (AvgIpc) is 3.04. The lowest BCUT2D eigenvalue weighted by Gasteiger charge is -2.10. The van der Waals surface area contributed by atoms with E-state index in [-0.39, 0.29) is 0 Å². The van der Waals surface area contributed by atoms with Crippen LogP contribution in [0.2, 0.25) is 0 Å². The van der Waals surface area contributed by atoms with Gasteiger partial charge in [-0.25, -0.2) is 0 Å². The Kier molecular flexibility index (Phi) is 6.01. The molecule has 124 valence electrons. The Bertz CT molecular complexity index is 777. The molecular formula is C17H17BrN4OS. The zero-order chi connectivity index (χ0) is 16.8. The Labute approximate surface area is 153 Å². The number of benzene rings is 1. The van der Waals surface area contributed by atoms with Gasteiger partial charge in [-0.1, -0.05) is 27.7 Å². The lowest BCUT2D eigenvalue weighted by atomic mass is 10.2. The zero-order valence-electron chi connectivity index (χ0n) is 13.2. The minimum atomic E-state index is 0.691. The summed E-state index contributed by atoms with van der Waals surface area (Å²) < 4.78 is 8.50. The molecule has 3 aromatic rings. The lowest BCUT2D eigenvalue weighted by Crippen LogP contribution is -2.02. The van der Waals surface area contributed by atoms with Gasteiger partial charge in [0.05, 0.1) is 6.61 Å². The maximum absolute atomic E-state index is 5.41. The van der Waals surface area contributed by atoms with Crippen molar-refractivity contribution in [3.05, 3.63) is 53.3 Å². The molecule has 0 saturated carbocycles. The maximum Gasteiger partial charge on any atom is 0.196 e. The van der Waals surface area contributed by atoms with Crippen LogP contribution in [-0.4, -0.2) is 38.7 Å². The van der Waals surface area contributed by atoms with Crippen molar-refractivity contribution in [2.45, 2.75) is 12.1 Å². The molecule has 0 fully saturated rings. The fourth-order valence-electron chi connectivity index (χ4n) is 2.20. The average molecular weight is 405 g/mol. The number of nitrogens with zero attached hydrogens (tertiary/aromatic N) is 4. The number of pyridine rings is 1. The van der Waals surface area contributed by atoms with Gasteiger partial charge < -0.3 is 4.74 Å². The molecule has 0 saturated heterocycles. The largest absolute Gasteiger partial charge is 0.381 e. The van der Waals surface area contributed by atoms with Crippen LogP contribution in [0.15, 0.2) is 58.4 Å². The van der Waals surface area contributed by atoms with Crippen LogP contribution in [0.3, 0.4) is 0 Å². The van der Waals surface area contributed by atoms with Crippen molar-refractivity contribution in [2.24, 2.45) is 0 Å². The van der Waals surface area contributed by atoms with E-state index in [0.717, 1.165) is 39.1 Å². The molecule has 24 heavy (non-hydrogen) atoms. The van der Waals surface area contributed by atoms with Crippen LogP contribution in [0.25, 0.3) is 17.1 Å². The van der Waals surface area contributed by atoms with E-state index in [1.165, 1.54) is 0 Å². The van der Waals surface area contributed by atoms with E-state index < -0.39 is 0 Å². The molecule has 0 N–H and O–H groups in total. The van der Waals surface area contributed by atoms with E-state index in [2.05, 4.69) is 35.7 Å². The molecule has 0 atom stereocenters. The second-order valence-electron chi connectivity index (χ2n) is 4.91. The molecule has 0 aliphatic heterocycles. The van der Waals surface area contributed by atoms with Crippen LogP contribution in [0, 0.1) is 0 Å². The third-order valence-electron chi connectivity index (χ3n) is 3.30. The SMILES string of the molecule is CCOCCSc1nnc(-c2cccnc2)n1-c1ccc(Br)cc1. The molecule has 5 nitrogen and oxygen atoms in total. The predicted molar refractivity (Wildman–Crippen MR) is 99.5 cm³/mol. The van der Waals surface area contributed by atoms with Gasteiger partial charge >= 0.3 is 0 Å². The first-order valence-corrected chi connectivity index (χ1v) is 9.39. The van der Waals surface area contributed by atoms with Gasteiger partial charge in [0.15, 0.2) is 11.0 Å².